The van der Waals surface area contributed by atoms with Gasteiger partial charge in [0.15, 0.2) is 5.84 Å². The van der Waals surface area contributed by atoms with Crippen LogP contribution in [0.25, 0.3) is 0 Å². The summed E-state index contributed by atoms with van der Waals surface area (Å²) < 4.78 is 0. The van der Waals surface area contributed by atoms with Gasteiger partial charge in [-0.1, -0.05) is 42.7 Å². The highest BCUT2D eigenvalue weighted by Gasteiger charge is 2.06. The average molecular weight is 259 g/mol. The number of rotatable bonds is 4. The molecule has 0 saturated carbocycles. The van der Waals surface area contributed by atoms with Crippen LogP contribution in [-0.2, 0) is 5.75 Å². The van der Waals surface area contributed by atoms with Crippen molar-refractivity contribution < 1.29 is 5.21 Å². The lowest BCUT2D eigenvalue weighted by molar-refractivity contribution is 0.318. The van der Waals surface area contributed by atoms with E-state index in [1.54, 1.807) is 12.1 Å². The minimum atomic E-state index is 0.0740. The maximum absolute atomic E-state index is 8.54. The summed E-state index contributed by atoms with van der Waals surface area (Å²) in [6.07, 6.45) is 0. The summed E-state index contributed by atoms with van der Waals surface area (Å²) in [6.45, 7) is 4.28. The van der Waals surface area contributed by atoms with Gasteiger partial charge in [-0.3, -0.25) is 0 Å². The van der Waals surface area contributed by atoms with Gasteiger partial charge in [-0.25, -0.2) is 0 Å². The smallest absolute Gasteiger partial charge is 0.170 e. The molecule has 0 bridgehead atoms. The fourth-order valence-corrected chi connectivity index (χ4v) is 2.23. The first kappa shape index (κ1) is 13.2. The van der Waals surface area contributed by atoms with Crippen LogP contribution < -0.4 is 5.73 Å². The van der Waals surface area contributed by atoms with Gasteiger partial charge in [0.05, 0.1) is 0 Å². The van der Waals surface area contributed by atoms with E-state index in [4.69, 9.17) is 22.5 Å². The Morgan fingerprint density at radius 3 is 2.75 bits per heavy atom. The van der Waals surface area contributed by atoms with Crippen LogP contribution in [0.5, 0.6) is 0 Å². The second kappa shape index (κ2) is 6.01. The predicted octanol–water partition coefficient (Wildman–Crippen LogP) is 3.08. The Hall–Kier alpha value is -0.870. The molecular formula is C11H15ClN2OS. The minimum Gasteiger partial charge on any atom is -0.409 e. The molecule has 0 heterocycles. The van der Waals surface area contributed by atoms with E-state index in [0.29, 0.717) is 15.8 Å². The van der Waals surface area contributed by atoms with Crippen molar-refractivity contribution in [1.82, 2.24) is 0 Å². The monoisotopic (exact) mass is 258 g/mol. The molecule has 88 valence electrons. The Bertz CT molecular complexity index is 394. The summed E-state index contributed by atoms with van der Waals surface area (Å²) >= 11 is 7.93. The van der Waals surface area contributed by atoms with Crippen molar-refractivity contribution in [2.45, 2.75) is 24.9 Å². The van der Waals surface area contributed by atoms with E-state index in [2.05, 4.69) is 19.0 Å². The van der Waals surface area contributed by atoms with Crippen molar-refractivity contribution in [3.05, 3.63) is 34.3 Å². The Morgan fingerprint density at radius 2 is 2.25 bits per heavy atom. The molecule has 0 atom stereocenters. The van der Waals surface area contributed by atoms with Gasteiger partial charge in [0.2, 0.25) is 0 Å². The number of hydrogen-bond acceptors (Lipinski definition) is 3. The van der Waals surface area contributed by atoms with Gasteiger partial charge in [-0.2, -0.15) is 11.8 Å². The first-order chi connectivity index (χ1) is 7.54. The third kappa shape index (κ3) is 3.61. The van der Waals surface area contributed by atoms with Gasteiger partial charge in [-0.05, 0) is 16.9 Å². The van der Waals surface area contributed by atoms with Crippen LogP contribution in [0.1, 0.15) is 25.0 Å². The molecule has 0 amide bonds. The van der Waals surface area contributed by atoms with E-state index in [-0.39, 0.29) is 5.84 Å². The first-order valence-corrected chi connectivity index (χ1v) is 6.35. The summed E-state index contributed by atoms with van der Waals surface area (Å²) in [6, 6.07) is 5.43. The predicted molar refractivity (Wildman–Crippen MR) is 70.4 cm³/mol. The molecule has 0 aliphatic heterocycles. The molecule has 0 aromatic heterocycles. The third-order valence-corrected chi connectivity index (χ3v) is 3.52. The van der Waals surface area contributed by atoms with E-state index in [1.165, 1.54) is 0 Å². The highest BCUT2D eigenvalue weighted by molar-refractivity contribution is 7.99. The highest BCUT2D eigenvalue weighted by atomic mass is 35.5. The summed E-state index contributed by atoms with van der Waals surface area (Å²) in [7, 11) is 0. The van der Waals surface area contributed by atoms with Crippen molar-refractivity contribution in [3.8, 4) is 0 Å². The average Bonchev–Trinajstić information content (AvgIpc) is 2.26. The van der Waals surface area contributed by atoms with Crippen LogP contribution in [0, 0.1) is 0 Å². The van der Waals surface area contributed by atoms with Crippen LogP contribution in [0.15, 0.2) is 23.4 Å². The van der Waals surface area contributed by atoms with Crippen LogP contribution in [0.4, 0.5) is 0 Å². The highest BCUT2D eigenvalue weighted by Crippen LogP contribution is 2.24. The number of benzene rings is 1. The van der Waals surface area contributed by atoms with Gasteiger partial charge >= 0.3 is 0 Å². The van der Waals surface area contributed by atoms with Crippen LogP contribution in [0.2, 0.25) is 5.02 Å². The quantitative estimate of drug-likeness (QED) is 0.378. The molecule has 1 rings (SSSR count). The van der Waals surface area contributed by atoms with Crippen molar-refractivity contribution >= 4 is 29.2 Å². The van der Waals surface area contributed by atoms with E-state index in [9.17, 15) is 0 Å². The zero-order chi connectivity index (χ0) is 12.1. The normalized spacial score (nSPS) is 12.1. The molecule has 0 radical (unpaired) electrons. The number of oxime groups is 1. The molecule has 3 N–H and O–H groups in total. The second-order valence-electron chi connectivity index (χ2n) is 3.65. The van der Waals surface area contributed by atoms with Crippen molar-refractivity contribution in [1.29, 1.82) is 0 Å². The fourth-order valence-electron chi connectivity index (χ4n) is 1.14. The maximum atomic E-state index is 8.54. The number of nitrogens with two attached hydrogens (primary N) is 1. The SMILES string of the molecule is CC(C)SCc1ccc(/C(N)=N/O)cc1Cl. The molecule has 0 fully saturated rings. The molecule has 1 aromatic carbocycles. The lowest BCUT2D eigenvalue weighted by atomic mass is 10.1. The summed E-state index contributed by atoms with van der Waals surface area (Å²) in [4.78, 5) is 0. The topological polar surface area (TPSA) is 58.6 Å². The number of hydrogen-bond donors (Lipinski definition) is 2. The number of amidine groups is 1. The zero-order valence-electron chi connectivity index (χ0n) is 9.27. The molecular weight excluding hydrogens is 244 g/mol. The summed E-state index contributed by atoms with van der Waals surface area (Å²) in [5.41, 5.74) is 7.17. The second-order valence-corrected chi connectivity index (χ2v) is 5.62. The maximum Gasteiger partial charge on any atom is 0.170 e. The molecule has 16 heavy (non-hydrogen) atoms. The van der Waals surface area contributed by atoms with E-state index in [0.717, 1.165) is 11.3 Å². The van der Waals surface area contributed by atoms with Crippen LogP contribution in [0.3, 0.4) is 0 Å². The molecule has 5 heteroatoms. The molecule has 0 spiro atoms. The molecule has 1 aromatic rings. The third-order valence-electron chi connectivity index (χ3n) is 2.03. The van der Waals surface area contributed by atoms with E-state index < -0.39 is 0 Å². The summed E-state index contributed by atoms with van der Waals surface area (Å²) in [5.74, 6) is 0.942. The molecule has 0 unspecified atom stereocenters. The Labute approximate surface area is 105 Å². The number of halogens is 1. The largest absolute Gasteiger partial charge is 0.409 e. The van der Waals surface area contributed by atoms with Crippen LogP contribution >= 0.6 is 23.4 Å². The lowest BCUT2D eigenvalue weighted by Crippen LogP contribution is -2.13. The number of nitrogens with zero attached hydrogens (tertiary/aromatic N) is 1. The van der Waals surface area contributed by atoms with E-state index in [1.807, 2.05) is 17.8 Å². The van der Waals surface area contributed by atoms with Crippen molar-refractivity contribution in [3.63, 3.8) is 0 Å². The Balaban J connectivity index is 2.83. The van der Waals surface area contributed by atoms with Gasteiger partial charge < -0.3 is 10.9 Å². The Morgan fingerprint density at radius 1 is 1.56 bits per heavy atom. The fraction of sp³-hybridized carbons (Fsp3) is 0.364. The lowest BCUT2D eigenvalue weighted by Gasteiger charge is -2.08. The standard InChI is InChI=1S/C11H15ClN2OS/c1-7(2)16-6-9-4-3-8(5-10(9)12)11(13)14-15/h3-5,7,15H,6H2,1-2H3,(H2,13,14). The van der Waals surface area contributed by atoms with Crippen molar-refractivity contribution in [2.75, 3.05) is 0 Å². The molecule has 3 nitrogen and oxygen atoms in total. The molecule has 0 aliphatic rings. The van der Waals surface area contributed by atoms with E-state index >= 15 is 0 Å². The van der Waals surface area contributed by atoms with Gasteiger partial charge in [0, 0.05) is 16.3 Å². The number of thioether (sulfide) groups is 1. The van der Waals surface area contributed by atoms with Crippen molar-refractivity contribution in [2.24, 2.45) is 10.9 Å². The minimum absolute atomic E-state index is 0.0740. The van der Waals surface area contributed by atoms with Crippen LogP contribution in [-0.4, -0.2) is 16.3 Å². The molecule has 0 aliphatic carbocycles. The van der Waals surface area contributed by atoms with Gasteiger partial charge in [-0.15, -0.1) is 0 Å². The first-order valence-electron chi connectivity index (χ1n) is 4.92. The van der Waals surface area contributed by atoms with Gasteiger partial charge in [0.25, 0.3) is 0 Å². The van der Waals surface area contributed by atoms with Gasteiger partial charge in [0.1, 0.15) is 0 Å². The molecule has 0 saturated heterocycles. The summed E-state index contributed by atoms with van der Waals surface area (Å²) in [5, 5.41) is 12.7. The Kier molecular flexibility index (Phi) is 4.96. The zero-order valence-corrected chi connectivity index (χ0v) is 10.8.